The molecule has 1 aliphatic heterocycles. The van der Waals surface area contributed by atoms with Crippen molar-refractivity contribution >= 4 is 38.2 Å². The predicted molar refractivity (Wildman–Crippen MR) is 131 cm³/mol. The van der Waals surface area contributed by atoms with Crippen molar-refractivity contribution in [3.63, 3.8) is 0 Å². The lowest BCUT2D eigenvalue weighted by Gasteiger charge is -2.38. The standard InChI is InChI=1S/C26H23ClN2O3S/c1-16-25-24(20-8-4-6-10-23(20)28-25)21(19-7-3-5-9-22(19)27)15-29(16)26(30)17-11-13-18(14-12-17)33(2,31)32/h3-14,16,21,28H,15H2,1-2H3. The van der Waals surface area contributed by atoms with E-state index in [1.54, 1.807) is 12.1 Å². The molecule has 2 heterocycles. The van der Waals surface area contributed by atoms with Crippen LogP contribution in [-0.4, -0.2) is 37.0 Å². The van der Waals surface area contributed by atoms with Crippen LogP contribution in [0.2, 0.25) is 5.02 Å². The predicted octanol–water partition coefficient (Wildman–Crippen LogP) is 5.57. The maximum Gasteiger partial charge on any atom is 0.254 e. The van der Waals surface area contributed by atoms with E-state index in [9.17, 15) is 13.2 Å². The Morgan fingerprint density at radius 3 is 2.36 bits per heavy atom. The molecule has 1 N–H and O–H groups in total. The Labute approximate surface area is 197 Å². The lowest BCUT2D eigenvalue weighted by atomic mass is 9.83. The minimum Gasteiger partial charge on any atom is -0.356 e. The summed E-state index contributed by atoms with van der Waals surface area (Å²) in [5, 5.41) is 1.80. The number of nitrogens with zero attached hydrogens (tertiary/aromatic N) is 1. The summed E-state index contributed by atoms with van der Waals surface area (Å²) >= 11 is 6.61. The summed E-state index contributed by atoms with van der Waals surface area (Å²) in [6.45, 7) is 2.48. The molecule has 1 aromatic heterocycles. The average Bonchev–Trinajstić information content (AvgIpc) is 3.20. The van der Waals surface area contributed by atoms with Crippen LogP contribution in [0.3, 0.4) is 0 Å². The Hall–Kier alpha value is -3.09. The first-order valence-corrected chi connectivity index (χ1v) is 13.0. The molecule has 7 heteroatoms. The maximum atomic E-state index is 13.6. The highest BCUT2D eigenvalue weighted by molar-refractivity contribution is 7.90. The zero-order valence-electron chi connectivity index (χ0n) is 18.2. The normalized spacial score (nSPS) is 18.3. The molecular formula is C26H23ClN2O3S. The topological polar surface area (TPSA) is 70.2 Å². The number of fused-ring (bicyclic) bond motifs is 3. The lowest BCUT2D eigenvalue weighted by molar-refractivity contribution is 0.0662. The van der Waals surface area contributed by atoms with Gasteiger partial charge in [0, 0.05) is 45.9 Å². The lowest BCUT2D eigenvalue weighted by Crippen LogP contribution is -2.41. The van der Waals surface area contributed by atoms with Crippen LogP contribution >= 0.6 is 11.6 Å². The number of rotatable bonds is 3. The molecule has 5 rings (SSSR count). The third-order valence-electron chi connectivity index (χ3n) is 6.46. The number of aromatic nitrogens is 1. The first kappa shape index (κ1) is 21.7. The van der Waals surface area contributed by atoms with Crippen LogP contribution in [0.5, 0.6) is 0 Å². The first-order chi connectivity index (χ1) is 15.8. The fraction of sp³-hybridized carbons (Fsp3) is 0.192. The summed E-state index contributed by atoms with van der Waals surface area (Å²) in [5.41, 5.74) is 4.61. The summed E-state index contributed by atoms with van der Waals surface area (Å²) in [4.78, 5) is 19.1. The molecule has 0 fully saturated rings. The van der Waals surface area contributed by atoms with E-state index in [4.69, 9.17) is 11.6 Å². The van der Waals surface area contributed by atoms with E-state index in [1.165, 1.54) is 17.7 Å². The number of sulfone groups is 1. The summed E-state index contributed by atoms with van der Waals surface area (Å²) in [7, 11) is -3.33. The first-order valence-electron chi connectivity index (χ1n) is 10.7. The Bertz CT molecular complexity index is 1480. The van der Waals surface area contributed by atoms with Gasteiger partial charge in [-0.3, -0.25) is 4.79 Å². The Morgan fingerprint density at radius 2 is 1.67 bits per heavy atom. The van der Waals surface area contributed by atoms with Crippen LogP contribution in [0, 0.1) is 0 Å². The van der Waals surface area contributed by atoms with Gasteiger partial charge in [0.2, 0.25) is 0 Å². The molecule has 3 aromatic carbocycles. The van der Waals surface area contributed by atoms with E-state index in [0.717, 1.165) is 28.4 Å². The van der Waals surface area contributed by atoms with Gasteiger partial charge in [0.15, 0.2) is 9.84 Å². The molecular weight excluding hydrogens is 456 g/mol. The number of halogens is 1. The minimum atomic E-state index is -3.33. The van der Waals surface area contributed by atoms with E-state index in [2.05, 4.69) is 11.1 Å². The van der Waals surface area contributed by atoms with Gasteiger partial charge in [-0.15, -0.1) is 0 Å². The van der Waals surface area contributed by atoms with Crippen molar-refractivity contribution in [3.05, 3.63) is 100 Å². The van der Waals surface area contributed by atoms with Crippen molar-refractivity contribution in [1.29, 1.82) is 0 Å². The Morgan fingerprint density at radius 1 is 1.00 bits per heavy atom. The molecule has 0 radical (unpaired) electrons. The monoisotopic (exact) mass is 478 g/mol. The van der Waals surface area contributed by atoms with Gasteiger partial charge in [0.1, 0.15) is 0 Å². The zero-order valence-corrected chi connectivity index (χ0v) is 19.8. The Balaban J connectivity index is 1.62. The van der Waals surface area contributed by atoms with Gasteiger partial charge in [-0.2, -0.15) is 0 Å². The number of hydrogen-bond acceptors (Lipinski definition) is 3. The highest BCUT2D eigenvalue weighted by Gasteiger charge is 2.37. The molecule has 0 saturated carbocycles. The van der Waals surface area contributed by atoms with Crippen LogP contribution in [0.25, 0.3) is 10.9 Å². The molecule has 0 spiro atoms. The van der Waals surface area contributed by atoms with Gasteiger partial charge >= 0.3 is 0 Å². The smallest absolute Gasteiger partial charge is 0.254 e. The van der Waals surface area contributed by atoms with Crippen molar-refractivity contribution < 1.29 is 13.2 Å². The van der Waals surface area contributed by atoms with Crippen LogP contribution < -0.4 is 0 Å². The Kier molecular flexibility index (Phi) is 5.30. The molecule has 1 aliphatic rings. The van der Waals surface area contributed by atoms with Crippen molar-refractivity contribution in [2.75, 3.05) is 12.8 Å². The third kappa shape index (κ3) is 3.73. The average molecular weight is 479 g/mol. The van der Waals surface area contributed by atoms with E-state index in [1.807, 2.05) is 54.3 Å². The van der Waals surface area contributed by atoms with Gasteiger partial charge in [-0.1, -0.05) is 48.0 Å². The number of para-hydroxylation sites is 1. The molecule has 5 nitrogen and oxygen atoms in total. The largest absolute Gasteiger partial charge is 0.356 e. The molecule has 168 valence electrons. The van der Waals surface area contributed by atoms with E-state index in [-0.39, 0.29) is 22.8 Å². The molecule has 0 bridgehead atoms. The summed E-state index contributed by atoms with van der Waals surface area (Å²) in [6, 6.07) is 21.8. The number of amides is 1. The number of carbonyl (C=O) groups is 1. The van der Waals surface area contributed by atoms with Crippen LogP contribution in [0.1, 0.15) is 46.1 Å². The molecule has 4 aromatic rings. The summed E-state index contributed by atoms with van der Waals surface area (Å²) in [6.07, 6.45) is 1.15. The fourth-order valence-electron chi connectivity index (χ4n) is 4.77. The quantitative estimate of drug-likeness (QED) is 0.418. The number of H-pyrrole nitrogens is 1. The number of benzene rings is 3. The zero-order chi connectivity index (χ0) is 23.3. The third-order valence-corrected chi connectivity index (χ3v) is 7.93. The van der Waals surface area contributed by atoms with Crippen molar-refractivity contribution in [2.45, 2.75) is 23.8 Å². The number of hydrogen-bond donors (Lipinski definition) is 1. The molecule has 0 saturated heterocycles. The molecule has 2 unspecified atom stereocenters. The second-order valence-electron chi connectivity index (χ2n) is 8.50. The minimum absolute atomic E-state index is 0.0970. The summed E-state index contributed by atoms with van der Waals surface area (Å²) < 4.78 is 23.6. The van der Waals surface area contributed by atoms with Gasteiger partial charge in [0.05, 0.1) is 10.9 Å². The highest BCUT2D eigenvalue weighted by Crippen LogP contribution is 2.44. The van der Waals surface area contributed by atoms with Crippen LogP contribution in [0.4, 0.5) is 0 Å². The SMILES string of the molecule is CC1c2[nH]c3ccccc3c2C(c2ccccc2Cl)CN1C(=O)c1ccc(S(C)(=O)=O)cc1. The number of nitrogens with one attached hydrogen (secondary N) is 1. The molecule has 1 amide bonds. The van der Waals surface area contributed by atoms with Gasteiger partial charge < -0.3 is 9.88 Å². The fourth-order valence-corrected chi connectivity index (χ4v) is 5.67. The maximum absolute atomic E-state index is 13.6. The van der Waals surface area contributed by atoms with E-state index < -0.39 is 9.84 Å². The molecule has 0 aliphatic carbocycles. The van der Waals surface area contributed by atoms with Gasteiger partial charge in [-0.25, -0.2) is 8.42 Å². The van der Waals surface area contributed by atoms with Gasteiger partial charge in [-0.05, 0) is 54.4 Å². The van der Waals surface area contributed by atoms with Crippen molar-refractivity contribution in [2.24, 2.45) is 0 Å². The van der Waals surface area contributed by atoms with Crippen LogP contribution in [0.15, 0.2) is 77.7 Å². The van der Waals surface area contributed by atoms with Crippen molar-refractivity contribution in [3.8, 4) is 0 Å². The summed E-state index contributed by atoms with van der Waals surface area (Å²) in [5.74, 6) is -0.246. The second kappa shape index (κ2) is 8.04. The highest BCUT2D eigenvalue weighted by atomic mass is 35.5. The molecule has 2 atom stereocenters. The molecule has 33 heavy (non-hydrogen) atoms. The second-order valence-corrected chi connectivity index (χ2v) is 10.9. The van der Waals surface area contributed by atoms with E-state index in [0.29, 0.717) is 17.1 Å². The van der Waals surface area contributed by atoms with E-state index >= 15 is 0 Å². The number of carbonyl (C=O) groups excluding carboxylic acids is 1. The van der Waals surface area contributed by atoms with Crippen LogP contribution in [-0.2, 0) is 9.84 Å². The van der Waals surface area contributed by atoms with Crippen molar-refractivity contribution in [1.82, 2.24) is 9.88 Å². The number of aromatic amines is 1. The van der Waals surface area contributed by atoms with Gasteiger partial charge in [0.25, 0.3) is 5.91 Å².